The molecule has 0 heterocycles. The van der Waals surface area contributed by atoms with Crippen molar-refractivity contribution in [2.24, 2.45) is 16.7 Å². The van der Waals surface area contributed by atoms with Crippen molar-refractivity contribution in [3.05, 3.63) is 102 Å². The zero-order chi connectivity index (χ0) is 41.3. The van der Waals surface area contributed by atoms with Gasteiger partial charge in [-0.05, 0) is 99.3 Å². The number of para-hydroxylation sites is 1. The van der Waals surface area contributed by atoms with Crippen molar-refractivity contribution in [2.75, 3.05) is 20.3 Å². The molecule has 2 rings (SSSR count). The Morgan fingerprint density at radius 3 is 2.11 bits per heavy atom. The van der Waals surface area contributed by atoms with E-state index in [0.717, 1.165) is 60.7 Å². The van der Waals surface area contributed by atoms with E-state index in [9.17, 15) is 4.79 Å². The molecule has 0 spiro atoms. The van der Waals surface area contributed by atoms with Crippen LogP contribution in [0, 0.1) is 41.4 Å². The maximum atomic E-state index is 12.4. The molecule has 0 amide bonds. The summed E-state index contributed by atoms with van der Waals surface area (Å²) in [7, 11) is 1.65. The standard InChI is InChI=1S/C24H36O3.C15H20O.C8H12.CH2O2/c1-9-12-13-14-15-22(25)27-23(19(4)5)21(20(11-3)18-26-8)17-24(6,7)16-10-2;1-2-11-15(12-3-1)16-13-7-6-10-14-8-4-5-9-14;1-5-7-8(3,4)6-2;2-1-3/h2,9,11-12H,4,13-18H2,1,3,5-8H3;1-3,6,10-12,14H,4-5,7-9,13H2;1,6H,2,7H2,3-4H3;1H,(H,2,3)/b12-9-,20-11-,23-21+;10-6+;;. The lowest BCUT2D eigenvalue weighted by Crippen LogP contribution is -2.17. The third-order valence-electron chi connectivity index (χ3n) is 8.35. The third-order valence-corrected chi connectivity index (χ3v) is 8.35. The van der Waals surface area contributed by atoms with Gasteiger partial charge in [-0.25, -0.2) is 0 Å². The van der Waals surface area contributed by atoms with E-state index in [2.05, 4.69) is 64.8 Å². The second kappa shape index (κ2) is 32.0. The third kappa shape index (κ3) is 27.1. The fourth-order valence-electron chi connectivity index (χ4n) is 5.29. The molecule has 6 heteroatoms. The van der Waals surface area contributed by atoms with Gasteiger partial charge in [-0.1, -0.05) is 102 Å². The fourth-order valence-corrected chi connectivity index (χ4v) is 5.29. The van der Waals surface area contributed by atoms with Gasteiger partial charge in [0.2, 0.25) is 0 Å². The zero-order valence-electron chi connectivity index (χ0n) is 34.8. The molecule has 54 heavy (non-hydrogen) atoms. The molecule has 0 unspecified atom stereocenters. The molecule has 0 atom stereocenters. The van der Waals surface area contributed by atoms with Crippen molar-refractivity contribution in [1.29, 1.82) is 0 Å². The van der Waals surface area contributed by atoms with Crippen LogP contribution in [0.15, 0.2) is 102 Å². The second-order valence-corrected chi connectivity index (χ2v) is 14.6. The number of esters is 1. The summed E-state index contributed by atoms with van der Waals surface area (Å²) in [5.41, 5.74) is 2.63. The molecule has 0 aliphatic heterocycles. The Labute approximate surface area is 329 Å². The van der Waals surface area contributed by atoms with Crippen molar-refractivity contribution in [3.8, 4) is 30.4 Å². The van der Waals surface area contributed by atoms with Crippen molar-refractivity contribution in [3.63, 3.8) is 0 Å². The lowest BCUT2D eigenvalue weighted by atomic mass is 9.80. The van der Waals surface area contributed by atoms with Gasteiger partial charge in [0, 0.05) is 31.9 Å². The van der Waals surface area contributed by atoms with Gasteiger partial charge in [-0.3, -0.25) is 9.59 Å². The van der Waals surface area contributed by atoms with Crippen LogP contribution in [0.5, 0.6) is 5.75 Å². The lowest BCUT2D eigenvalue weighted by molar-refractivity contribution is -0.139. The molecule has 0 saturated heterocycles. The maximum Gasteiger partial charge on any atom is 0.311 e. The molecule has 298 valence electrons. The highest BCUT2D eigenvalue weighted by atomic mass is 16.5. The Bertz CT molecular complexity index is 1400. The molecule has 1 aliphatic rings. The van der Waals surface area contributed by atoms with E-state index < -0.39 is 0 Å². The van der Waals surface area contributed by atoms with Gasteiger partial charge in [0.25, 0.3) is 6.47 Å². The fraction of sp³-hybridized carbons (Fsp3) is 0.500. The van der Waals surface area contributed by atoms with Crippen LogP contribution in [0.25, 0.3) is 0 Å². The predicted molar refractivity (Wildman–Crippen MR) is 228 cm³/mol. The molecule has 1 aromatic carbocycles. The van der Waals surface area contributed by atoms with E-state index >= 15 is 0 Å². The summed E-state index contributed by atoms with van der Waals surface area (Å²) in [6.45, 7) is 22.8. The number of terminal acetylenes is 2. The average molecular weight is 743 g/mol. The van der Waals surface area contributed by atoms with Crippen LogP contribution < -0.4 is 4.74 Å². The Kier molecular flexibility index (Phi) is 30.5. The number of unbranched alkanes of at least 4 members (excludes halogenated alkanes) is 1. The highest BCUT2D eigenvalue weighted by Crippen LogP contribution is 2.36. The Balaban J connectivity index is 0. The van der Waals surface area contributed by atoms with E-state index in [1.165, 1.54) is 25.7 Å². The van der Waals surface area contributed by atoms with E-state index in [1.54, 1.807) is 7.11 Å². The molecule has 1 aromatic rings. The van der Waals surface area contributed by atoms with Crippen LogP contribution >= 0.6 is 0 Å². The molecule has 1 fully saturated rings. The van der Waals surface area contributed by atoms with Gasteiger partial charge in [0.05, 0.1) is 13.2 Å². The molecule has 1 N–H and O–H groups in total. The summed E-state index contributed by atoms with van der Waals surface area (Å²) in [6, 6.07) is 10.0. The van der Waals surface area contributed by atoms with Crippen LogP contribution in [0.3, 0.4) is 0 Å². The first-order valence-corrected chi connectivity index (χ1v) is 19.0. The Hall–Kier alpha value is -4.52. The first-order valence-electron chi connectivity index (χ1n) is 19.0. The number of hydrogen-bond donors (Lipinski definition) is 1. The largest absolute Gasteiger partial charge is 0.493 e. The first kappa shape index (κ1) is 51.6. The summed E-state index contributed by atoms with van der Waals surface area (Å²) >= 11 is 0. The van der Waals surface area contributed by atoms with E-state index in [4.69, 9.17) is 37.0 Å². The van der Waals surface area contributed by atoms with Gasteiger partial charge in [0.1, 0.15) is 11.5 Å². The van der Waals surface area contributed by atoms with Crippen LogP contribution in [-0.2, 0) is 19.1 Å². The minimum Gasteiger partial charge on any atom is -0.493 e. The van der Waals surface area contributed by atoms with Crippen molar-refractivity contribution >= 4 is 12.4 Å². The van der Waals surface area contributed by atoms with Crippen LogP contribution in [0.4, 0.5) is 0 Å². The SMILES string of the molecule is C#CCC(C)(C)C=C.C#CCC(C)(C)CC(/C(=C\C)COC)=C(\OC(=O)CCC/C=C\C)C(=C)C.C(=C\C1CCCC1)/CCOc1ccccc1.O=CO. The topological polar surface area (TPSA) is 82.1 Å². The Morgan fingerprint density at radius 1 is 1.02 bits per heavy atom. The number of carbonyl (C=O) groups is 2. The lowest BCUT2D eigenvalue weighted by Gasteiger charge is -2.27. The minimum absolute atomic E-state index is 0.120. The molecule has 1 aliphatic carbocycles. The number of hydrogen-bond acceptors (Lipinski definition) is 5. The smallest absolute Gasteiger partial charge is 0.311 e. The van der Waals surface area contributed by atoms with Gasteiger partial charge in [-0.2, -0.15) is 0 Å². The highest BCUT2D eigenvalue weighted by molar-refractivity contribution is 5.71. The minimum atomic E-state index is -0.250. The molecule has 0 radical (unpaired) electrons. The maximum absolute atomic E-state index is 12.4. The van der Waals surface area contributed by atoms with Gasteiger partial charge in [-0.15, -0.1) is 31.3 Å². The van der Waals surface area contributed by atoms with Crippen molar-refractivity contribution < 1.29 is 28.9 Å². The number of ether oxygens (including phenoxy) is 3. The van der Waals surface area contributed by atoms with Crippen LogP contribution in [-0.4, -0.2) is 37.9 Å². The summed E-state index contributed by atoms with van der Waals surface area (Å²) < 4.78 is 16.8. The molecular formula is C48H70O6. The number of rotatable bonds is 19. The number of carboxylic acid groups (broad SMARTS) is 1. The van der Waals surface area contributed by atoms with Gasteiger partial charge < -0.3 is 19.3 Å². The summed E-state index contributed by atoms with van der Waals surface area (Å²) in [5.74, 6) is 7.45. The number of allylic oxidation sites excluding steroid dienone is 6. The summed E-state index contributed by atoms with van der Waals surface area (Å²) in [6.07, 6.45) is 33.9. The van der Waals surface area contributed by atoms with Crippen molar-refractivity contribution in [2.45, 2.75) is 119 Å². The number of carbonyl (C=O) groups excluding carboxylic acids is 1. The second-order valence-electron chi connectivity index (χ2n) is 14.6. The van der Waals surface area contributed by atoms with Crippen LogP contribution in [0.2, 0.25) is 0 Å². The quantitative estimate of drug-likeness (QED) is 0.0289. The summed E-state index contributed by atoms with van der Waals surface area (Å²) in [4.78, 5) is 20.7. The van der Waals surface area contributed by atoms with Crippen LogP contribution in [0.1, 0.15) is 119 Å². The molecule has 1 saturated carbocycles. The van der Waals surface area contributed by atoms with Gasteiger partial charge in [0.15, 0.2) is 0 Å². The van der Waals surface area contributed by atoms with Gasteiger partial charge >= 0.3 is 5.97 Å². The molecule has 6 nitrogen and oxygen atoms in total. The monoisotopic (exact) mass is 743 g/mol. The number of methoxy groups -OCH3 is 1. The molecular weight excluding hydrogens is 673 g/mol. The average Bonchev–Trinajstić information content (AvgIpc) is 3.65. The normalized spacial score (nSPS) is 13.4. The summed E-state index contributed by atoms with van der Waals surface area (Å²) in [5, 5.41) is 6.89. The van der Waals surface area contributed by atoms with E-state index in [0.29, 0.717) is 31.6 Å². The Morgan fingerprint density at radius 2 is 1.63 bits per heavy atom. The zero-order valence-corrected chi connectivity index (χ0v) is 34.8. The van der Waals surface area contributed by atoms with E-state index in [1.807, 2.05) is 75.4 Å². The first-order chi connectivity index (χ1) is 25.7. The highest BCUT2D eigenvalue weighted by Gasteiger charge is 2.25. The number of benzene rings is 1. The van der Waals surface area contributed by atoms with Crippen molar-refractivity contribution in [1.82, 2.24) is 0 Å². The molecule has 0 aromatic heterocycles. The van der Waals surface area contributed by atoms with E-state index in [-0.39, 0.29) is 23.3 Å². The predicted octanol–water partition coefficient (Wildman–Crippen LogP) is 12.3. The molecule has 0 bridgehead atoms.